The van der Waals surface area contributed by atoms with E-state index in [1.807, 2.05) is 65.5 Å². The maximum absolute atomic E-state index is 8.64. The second kappa shape index (κ2) is 26.5. The first kappa shape index (κ1) is 40.7. The van der Waals surface area contributed by atoms with Gasteiger partial charge in [0, 0.05) is 27.8 Å². The van der Waals surface area contributed by atoms with Crippen LogP contribution in [-0.4, -0.2) is 26.5 Å². The Hall–Kier alpha value is -0.397. The van der Waals surface area contributed by atoms with Gasteiger partial charge in [0.15, 0.2) is 0 Å². The summed E-state index contributed by atoms with van der Waals surface area (Å²) in [4.78, 5) is 17.7. The molecule has 0 aliphatic heterocycles. The molecule has 9 nitrogen and oxygen atoms in total. The number of halogens is 3. The second-order valence-electron chi connectivity index (χ2n) is 6.80. The molecule has 39 heavy (non-hydrogen) atoms. The van der Waals surface area contributed by atoms with Crippen molar-refractivity contribution in [1.29, 1.82) is 0 Å². The predicted molar refractivity (Wildman–Crippen MR) is 144 cm³/mol. The molecule has 0 saturated carbocycles. The van der Waals surface area contributed by atoms with Crippen LogP contribution >= 0.6 is 39.1 Å². The van der Waals surface area contributed by atoms with Crippen LogP contribution in [0, 0.1) is 13.1 Å². The fourth-order valence-electron chi connectivity index (χ4n) is 2.47. The molecule has 0 aliphatic rings. The molecule has 0 atom stereocenters. The summed E-state index contributed by atoms with van der Waals surface area (Å²) >= 11 is 14.8. The molecular weight excluding hydrogens is 661 g/mol. The van der Waals surface area contributed by atoms with E-state index in [1.165, 1.54) is 5.56 Å². The summed E-state index contributed by atoms with van der Waals surface area (Å²) in [6, 6.07) is 19.1. The molecular formula is C25H23BrCl2K2N6O3. The molecule has 1 N–H and O–H groups in total. The van der Waals surface area contributed by atoms with Gasteiger partial charge in [-0.15, -0.1) is 0 Å². The minimum atomic E-state index is -0.181. The van der Waals surface area contributed by atoms with Crippen LogP contribution in [0.1, 0.15) is 23.9 Å². The molecule has 2 aromatic heterocycles. The number of benzene rings is 2. The number of nitrogens with one attached hydrogen (secondary N) is 1. The van der Waals surface area contributed by atoms with Crippen LogP contribution in [0.2, 0.25) is 10.0 Å². The fraction of sp³-hybridized carbons (Fsp3) is 0.160. The van der Waals surface area contributed by atoms with Crippen LogP contribution in [0.5, 0.6) is 0 Å². The van der Waals surface area contributed by atoms with Crippen molar-refractivity contribution in [2.24, 2.45) is 0 Å². The molecule has 0 fully saturated rings. The molecule has 0 aliphatic carbocycles. The fourth-order valence-corrected chi connectivity index (χ4v) is 3.09. The van der Waals surface area contributed by atoms with Gasteiger partial charge in [0.25, 0.3) is 19.6 Å². The minimum Gasteiger partial charge on any atom is -1.00 e. The Morgan fingerprint density at radius 1 is 0.974 bits per heavy atom. The number of carbonyl (C=O) groups is 1. The zero-order valence-electron chi connectivity index (χ0n) is 22.4. The van der Waals surface area contributed by atoms with Gasteiger partial charge in [-0.1, -0.05) is 63.4 Å². The van der Waals surface area contributed by atoms with Crippen LogP contribution < -0.4 is 108 Å². The predicted octanol–water partition coefficient (Wildman–Crippen LogP) is -0.377. The van der Waals surface area contributed by atoms with Crippen LogP contribution in [0.4, 0.5) is 0 Å². The Morgan fingerprint density at radius 2 is 1.51 bits per heavy atom. The summed E-state index contributed by atoms with van der Waals surface area (Å²) < 4.78 is 1.82. The average Bonchev–Trinajstić information content (AvgIpc) is 3.60. The number of rotatable bonds is 6. The number of aromatic amines is 1. The third kappa shape index (κ3) is 20.2. The monoisotopic (exact) mass is 682 g/mol. The van der Waals surface area contributed by atoms with Crippen LogP contribution in [0.15, 0.2) is 73.1 Å². The number of hydrogen-bond acceptors (Lipinski definition) is 5. The first-order chi connectivity index (χ1) is 17.9. The topological polar surface area (TPSA) is 105 Å². The smallest absolute Gasteiger partial charge is 1.00 e. The van der Waals surface area contributed by atoms with Crippen LogP contribution in [-0.2, 0) is 34.6 Å². The van der Waals surface area contributed by atoms with Crippen molar-refractivity contribution in [2.75, 3.05) is 0 Å². The van der Waals surface area contributed by atoms with Gasteiger partial charge in [0.2, 0.25) is 0 Å². The van der Waals surface area contributed by atoms with Gasteiger partial charge in [0.05, 0.1) is 6.54 Å². The Balaban J connectivity index is -0.000000493. The number of carbonyl (C=O) groups excluding carboxylic acids is 1. The van der Waals surface area contributed by atoms with Gasteiger partial charge in [-0.25, -0.2) is 13.1 Å². The SMILES string of the molecule is Clc1ccc(CBr)cc1.O=CO[O-].[C-]#[N+]Cc1ccn(Cc2ccc(Cl)cc2)n1.[C-]#[N+]Cc1ccn[nH]1.[H-].[K+].[K+]. The van der Waals surface area contributed by atoms with Gasteiger partial charge < -0.3 is 21.3 Å². The van der Waals surface area contributed by atoms with Crippen molar-refractivity contribution in [3.63, 3.8) is 0 Å². The molecule has 0 saturated heterocycles. The van der Waals surface area contributed by atoms with Crippen molar-refractivity contribution in [3.05, 3.63) is 128 Å². The molecule has 14 heteroatoms. The van der Waals surface area contributed by atoms with Crippen molar-refractivity contribution < 1.29 is 119 Å². The van der Waals surface area contributed by atoms with Crippen molar-refractivity contribution >= 4 is 45.6 Å². The Labute approximate surface area is 332 Å². The summed E-state index contributed by atoms with van der Waals surface area (Å²) in [7, 11) is 0. The number of alkyl halides is 1. The van der Waals surface area contributed by atoms with Crippen molar-refractivity contribution in [3.8, 4) is 0 Å². The number of hydrogen-bond donors (Lipinski definition) is 1. The summed E-state index contributed by atoms with van der Waals surface area (Å²) in [5.74, 6) is 0. The molecule has 2 heterocycles. The maximum Gasteiger partial charge on any atom is 1.00 e. The van der Waals surface area contributed by atoms with E-state index in [0.29, 0.717) is 19.6 Å². The van der Waals surface area contributed by atoms with Gasteiger partial charge in [-0.2, -0.15) is 10.2 Å². The number of aromatic nitrogens is 4. The van der Waals surface area contributed by atoms with E-state index < -0.39 is 0 Å². The van der Waals surface area contributed by atoms with E-state index in [2.05, 4.69) is 45.8 Å². The molecule has 0 unspecified atom stereocenters. The minimum absolute atomic E-state index is 0. The van der Waals surface area contributed by atoms with Gasteiger partial charge in [-0.05, 0) is 47.5 Å². The molecule has 0 bridgehead atoms. The number of H-pyrrole nitrogens is 1. The quantitative estimate of drug-likeness (QED) is 0.0746. The zero-order chi connectivity index (χ0) is 27.3. The molecule has 0 radical (unpaired) electrons. The number of nitrogens with zero attached hydrogens (tertiary/aromatic N) is 5. The second-order valence-corrected chi connectivity index (χ2v) is 8.23. The first-order valence-electron chi connectivity index (χ1n) is 10.4. The Bertz CT molecular complexity index is 1250. The molecule has 194 valence electrons. The van der Waals surface area contributed by atoms with E-state index in [9.17, 15) is 0 Å². The van der Waals surface area contributed by atoms with Crippen molar-refractivity contribution in [1.82, 2.24) is 20.0 Å². The van der Waals surface area contributed by atoms with Crippen molar-refractivity contribution in [2.45, 2.75) is 25.0 Å². The standard InChI is InChI=1S/C12H10ClN3.C7H6BrCl.C5H5N3.CH2O3.2K.H/c1-14-8-12-6-7-16(15-12)9-10-2-4-11(13)5-3-10;8-5-6-1-3-7(9)4-2-6;1-6-4-5-2-3-7-8-5;2-1-4-3;;;/h2-7H,8-9H2;1-4H,5H2;2-3H,4H2,(H,7,8);1,3H;;;/q;;;;2*+1;-1/p-1. The summed E-state index contributed by atoms with van der Waals surface area (Å²) in [5.41, 5.74) is 4.07. The molecule has 0 amide bonds. The van der Waals surface area contributed by atoms with Crippen LogP contribution in [0.3, 0.4) is 0 Å². The third-order valence-corrected chi connectivity index (χ3v) is 5.26. The third-order valence-electron chi connectivity index (χ3n) is 4.11. The zero-order valence-corrected chi connectivity index (χ0v) is 30.8. The van der Waals surface area contributed by atoms with Gasteiger partial charge >= 0.3 is 103 Å². The van der Waals surface area contributed by atoms with E-state index in [1.54, 1.807) is 12.3 Å². The normalized spacial score (nSPS) is 8.56. The van der Waals surface area contributed by atoms with E-state index in [-0.39, 0.29) is 111 Å². The van der Waals surface area contributed by atoms with E-state index >= 15 is 0 Å². The summed E-state index contributed by atoms with van der Waals surface area (Å²) in [6.07, 6.45) is 3.52. The molecule has 0 spiro atoms. The first-order valence-corrected chi connectivity index (χ1v) is 12.3. The summed E-state index contributed by atoms with van der Waals surface area (Å²) in [6.45, 7) is 14.5. The van der Waals surface area contributed by atoms with Gasteiger partial charge in [-0.3, -0.25) is 14.6 Å². The largest absolute Gasteiger partial charge is 1.00 e. The van der Waals surface area contributed by atoms with E-state index in [4.69, 9.17) is 46.4 Å². The maximum atomic E-state index is 8.64. The Kier molecular flexibility index (Phi) is 27.7. The molecule has 4 rings (SSSR count). The van der Waals surface area contributed by atoms with Crippen LogP contribution in [0.25, 0.3) is 9.69 Å². The summed E-state index contributed by atoms with van der Waals surface area (Å²) in [5, 5.41) is 21.5. The molecule has 2 aromatic carbocycles. The Morgan fingerprint density at radius 3 is 1.95 bits per heavy atom. The van der Waals surface area contributed by atoms with E-state index in [0.717, 1.165) is 32.3 Å². The molecule has 4 aromatic rings. The average molecular weight is 685 g/mol. The van der Waals surface area contributed by atoms with Gasteiger partial charge in [0.1, 0.15) is 11.4 Å².